The number of hydrogen-bond donors (Lipinski definition) is 1. The summed E-state index contributed by atoms with van der Waals surface area (Å²) in [5.41, 5.74) is 3.50. The molecule has 25 heavy (non-hydrogen) atoms. The van der Waals surface area contributed by atoms with Gasteiger partial charge in [0.2, 0.25) is 5.91 Å². The van der Waals surface area contributed by atoms with E-state index in [0.29, 0.717) is 19.6 Å². The summed E-state index contributed by atoms with van der Waals surface area (Å²) < 4.78 is 9.41. The summed E-state index contributed by atoms with van der Waals surface area (Å²) in [6, 6.07) is 12.3. The number of amides is 1. The summed E-state index contributed by atoms with van der Waals surface area (Å²) in [6.07, 6.45) is 5.35. The summed E-state index contributed by atoms with van der Waals surface area (Å²) in [7, 11) is 3.69. The molecule has 0 radical (unpaired) electrons. The molecule has 0 saturated carbocycles. The van der Waals surface area contributed by atoms with Gasteiger partial charge in [0.05, 0.1) is 13.2 Å². The zero-order chi connectivity index (χ0) is 17.6. The van der Waals surface area contributed by atoms with Crippen LogP contribution < -0.4 is 5.32 Å². The minimum atomic E-state index is 0.0786. The van der Waals surface area contributed by atoms with Crippen molar-refractivity contribution in [1.29, 1.82) is 0 Å². The van der Waals surface area contributed by atoms with Crippen molar-refractivity contribution >= 4 is 16.8 Å². The molecule has 2 heterocycles. The topological polar surface area (TPSA) is 48.2 Å². The summed E-state index contributed by atoms with van der Waals surface area (Å²) in [4.78, 5) is 12.2. The molecule has 0 atom stereocenters. The van der Waals surface area contributed by atoms with Crippen LogP contribution in [0.1, 0.15) is 17.7 Å². The van der Waals surface area contributed by atoms with Crippen molar-refractivity contribution in [2.24, 2.45) is 7.05 Å². The maximum absolute atomic E-state index is 12.2. The lowest BCUT2D eigenvalue weighted by atomic mass is 10.1. The van der Waals surface area contributed by atoms with E-state index in [1.165, 1.54) is 16.5 Å². The van der Waals surface area contributed by atoms with E-state index in [1.807, 2.05) is 42.1 Å². The monoisotopic (exact) mass is 339 g/mol. The molecule has 1 aromatic carbocycles. The van der Waals surface area contributed by atoms with E-state index in [1.54, 1.807) is 7.11 Å². The predicted molar refractivity (Wildman–Crippen MR) is 99.4 cm³/mol. The Bertz CT molecular complexity index is 848. The molecule has 0 aliphatic heterocycles. The summed E-state index contributed by atoms with van der Waals surface area (Å²) in [5, 5.41) is 4.22. The quantitative estimate of drug-likeness (QED) is 0.686. The fraction of sp³-hybridized carbons (Fsp3) is 0.350. The van der Waals surface area contributed by atoms with Crippen molar-refractivity contribution in [3.05, 3.63) is 60.0 Å². The molecule has 0 saturated heterocycles. The van der Waals surface area contributed by atoms with Crippen LogP contribution in [0.4, 0.5) is 0 Å². The van der Waals surface area contributed by atoms with Crippen LogP contribution in [0.15, 0.2) is 48.8 Å². The fourth-order valence-electron chi connectivity index (χ4n) is 3.10. The van der Waals surface area contributed by atoms with Crippen LogP contribution >= 0.6 is 0 Å². The van der Waals surface area contributed by atoms with E-state index in [9.17, 15) is 4.79 Å². The van der Waals surface area contributed by atoms with E-state index >= 15 is 0 Å². The lowest BCUT2D eigenvalue weighted by Crippen LogP contribution is -2.24. The Labute approximate surface area is 148 Å². The molecule has 1 amide bonds. The molecule has 5 heteroatoms. The molecule has 1 N–H and O–H groups in total. The van der Waals surface area contributed by atoms with Crippen LogP contribution in [0.5, 0.6) is 0 Å². The number of nitrogens with zero attached hydrogens (tertiary/aromatic N) is 2. The Morgan fingerprint density at radius 2 is 2.04 bits per heavy atom. The van der Waals surface area contributed by atoms with Crippen molar-refractivity contribution in [2.45, 2.75) is 25.9 Å². The highest BCUT2D eigenvalue weighted by Gasteiger charge is 2.10. The molecular weight excluding hydrogens is 314 g/mol. The van der Waals surface area contributed by atoms with E-state index < -0.39 is 0 Å². The number of benzene rings is 1. The van der Waals surface area contributed by atoms with Crippen LogP contribution in [-0.2, 0) is 36.1 Å². The lowest BCUT2D eigenvalue weighted by Gasteiger charge is -2.06. The molecule has 0 bridgehead atoms. The number of para-hydroxylation sites is 1. The molecule has 3 aromatic rings. The molecule has 0 aliphatic rings. The number of carbonyl (C=O) groups is 1. The van der Waals surface area contributed by atoms with Gasteiger partial charge in [-0.1, -0.05) is 18.2 Å². The van der Waals surface area contributed by atoms with Crippen molar-refractivity contribution in [3.8, 4) is 0 Å². The number of rotatable bonds is 8. The Balaban J connectivity index is 1.62. The number of fused-ring (bicyclic) bond motifs is 1. The maximum Gasteiger partial charge on any atom is 0.220 e. The van der Waals surface area contributed by atoms with E-state index in [2.05, 4.69) is 28.2 Å². The molecule has 2 aromatic heterocycles. The third kappa shape index (κ3) is 4.12. The first kappa shape index (κ1) is 17.3. The summed E-state index contributed by atoms with van der Waals surface area (Å²) in [6.45, 7) is 2.06. The Morgan fingerprint density at radius 3 is 2.80 bits per heavy atom. The standard InChI is InChI=1S/C20H25N3O2/c1-22-11-5-6-17(22)14-21-20(24)10-9-16-15-23(12-13-25-2)19-8-4-3-7-18(16)19/h3-8,11,15H,9-10,12-14H2,1-2H3,(H,21,24). The van der Waals surface area contributed by atoms with Gasteiger partial charge in [0.15, 0.2) is 0 Å². The predicted octanol–water partition coefficient (Wildman–Crippen LogP) is 2.88. The van der Waals surface area contributed by atoms with Crippen LogP contribution in [0.25, 0.3) is 10.9 Å². The molecule has 0 spiro atoms. The minimum absolute atomic E-state index is 0.0786. The normalized spacial score (nSPS) is 11.1. The number of methoxy groups -OCH3 is 1. The second kappa shape index (κ2) is 8.03. The third-order valence-corrected chi connectivity index (χ3v) is 4.55. The number of carbonyl (C=O) groups excluding carboxylic acids is 1. The van der Waals surface area contributed by atoms with Gasteiger partial charge in [0, 0.05) is 56.1 Å². The van der Waals surface area contributed by atoms with Gasteiger partial charge in [-0.25, -0.2) is 0 Å². The SMILES string of the molecule is COCCn1cc(CCC(=O)NCc2cccn2C)c2ccccc21. The molecule has 0 unspecified atom stereocenters. The van der Waals surface area contributed by atoms with E-state index in [0.717, 1.165) is 18.7 Å². The zero-order valence-electron chi connectivity index (χ0n) is 14.9. The average Bonchev–Trinajstić information content (AvgIpc) is 3.20. The minimum Gasteiger partial charge on any atom is -0.383 e. The first-order valence-corrected chi connectivity index (χ1v) is 8.61. The first-order valence-electron chi connectivity index (χ1n) is 8.61. The lowest BCUT2D eigenvalue weighted by molar-refractivity contribution is -0.121. The molecule has 0 aliphatic carbocycles. The summed E-state index contributed by atoms with van der Waals surface area (Å²) in [5.74, 6) is 0.0786. The second-order valence-corrected chi connectivity index (χ2v) is 6.24. The third-order valence-electron chi connectivity index (χ3n) is 4.55. The molecule has 0 fully saturated rings. The van der Waals surface area contributed by atoms with Crippen LogP contribution in [0, 0.1) is 0 Å². The van der Waals surface area contributed by atoms with Gasteiger partial charge < -0.3 is 19.2 Å². The van der Waals surface area contributed by atoms with Crippen LogP contribution in [-0.4, -0.2) is 28.8 Å². The highest BCUT2D eigenvalue weighted by atomic mass is 16.5. The highest BCUT2D eigenvalue weighted by Crippen LogP contribution is 2.22. The fourth-order valence-corrected chi connectivity index (χ4v) is 3.10. The van der Waals surface area contributed by atoms with E-state index in [-0.39, 0.29) is 5.91 Å². The zero-order valence-corrected chi connectivity index (χ0v) is 14.9. The number of aromatic nitrogens is 2. The van der Waals surface area contributed by atoms with Crippen molar-refractivity contribution in [1.82, 2.24) is 14.5 Å². The van der Waals surface area contributed by atoms with Crippen LogP contribution in [0.3, 0.4) is 0 Å². The number of nitrogens with one attached hydrogen (secondary N) is 1. The summed E-state index contributed by atoms with van der Waals surface area (Å²) >= 11 is 0. The largest absolute Gasteiger partial charge is 0.383 e. The van der Waals surface area contributed by atoms with Gasteiger partial charge >= 0.3 is 0 Å². The number of aryl methyl sites for hydroxylation is 2. The number of ether oxygens (including phenoxy) is 1. The Morgan fingerprint density at radius 1 is 1.20 bits per heavy atom. The average molecular weight is 339 g/mol. The van der Waals surface area contributed by atoms with Gasteiger partial charge in [-0.15, -0.1) is 0 Å². The van der Waals surface area contributed by atoms with Gasteiger partial charge in [-0.2, -0.15) is 0 Å². The Kier molecular flexibility index (Phi) is 5.56. The molecule has 3 rings (SSSR count). The molecule has 5 nitrogen and oxygen atoms in total. The van der Waals surface area contributed by atoms with E-state index in [4.69, 9.17) is 4.74 Å². The molecular formula is C20H25N3O2. The first-order chi connectivity index (χ1) is 12.2. The highest BCUT2D eigenvalue weighted by molar-refractivity contribution is 5.85. The second-order valence-electron chi connectivity index (χ2n) is 6.24. The van der Waals surface area contributed by atoms with Crippen molar-refractivity contribution in [2.75, 3.05) is 13.7 Å². The smallest absolute Gasteiger partial charge is 0.220 e. The number of hydrogen-bond acceptors (Lipinski definition) is 2. The van der Waals surface area contributed by atoms with Crippen LogP contribution in [0.2, 0.25) is 0 Å². The van der Waals surface area contributed by atoms with Crippen molar-refractivity contribution in [3.63, 3.8) is 0 Å². The van der Waals surface area contributed by atoms with Crippen molar-refractivity contribution < 1.29 is 9.53 Å². The molecule has 132 valence electrons. The van der Waals surface area contributed by atoms with Gasteiger partial charge in [-0.3, -0.25) is 4.79 Å². The van der Waals surface area contributed by atoms with Gasteiger partial charge in [-0.05, 0) is 30.2 Å². The maximum atomic E-state index is 12.2. The Hall–Kier alpha value is -2.53. The van der Waals surface area contributed by atoms with Gasteiger partial charge in [0.25, 0.3) is 0 Å². The van der Waals surface area contributed by atoms with Gasteiger partial charge in [0.1, 0.15) is 0 Å².